The average molecular weight is 184 g/mol. The molecule has 0 aliphatic rings. The number of halogens is 1. The molecule has 0 saturated carbocycles. The Morgan fingerprint density at radius 2 is 2.23 bits per heavy atom. The summed E-state index contributed by atoms with van der Waals surface area (Å²) >= 11 is 0. The molecule has 3 heteroatoms. The van der Waals surface area contributed by atoms with Crippen LogP contribution in [-0.4, -0.2) is 17.8 Å². The largest absolute Gasteiger partial charge is 0.488 e. The van der Waals surface area contributed by atoms with E-state index in [1.165, 1.54) is 6.07 Å². The maximum Gasteiger partial charge on any atom is 0.165 e. The molecule has 13 heavy (non-hydrogen) atoms. The molecule has 1 unspecified atom stereocenters. The van der Waals surface area contributed by atoms with Crippen molar-refractivity contribution < 1.29 is 14.2 Å². The van der Waals surface area contributed by atoms with Gasteiger partial charge in [-0.15, -0.1) is 0 Å². The van der Waals surface area contributed by atoms with Crippen LogP contribution in [0.3, 0.4) is 0 Å². The van der Waals surface area contributed by atoms with E-state index < -0.39 is 11.9 Å². The molecule has 0 aliphatic heterocycles. The summed E-state index contributed by atoms with van der Waals surface area (Å²) in [6.45, 7) is 3.56. The zero-order valence-corrected chi connectivity index (χ0v) is 7.75. The maximum absolute atomic E-state index is 13.0. The van der Waals surface area contributed by atoms with Crippen LogP contribution in [-0.2, 0) is 0 Å². The lowest BCUT2D eigenvalue weighted by Crippen LogP contribution is -2.13. The van der Waals surface area contributed by atoms with Crippen molar-refractivity contribution in [1.29, 1.82) is 0 Å². The molecule has 0 radical (unpaired) electrons. The van der Waals surface area contributed by atoms with Crippen LogP contribution in [0.1, 0.15) is 12.5 Å². The topological polar surface area (TPSA) is 29.5 Å². The molecule has 0 saturated heterocycles. The Labute approximate surface area is 77.0 Å². The van der Waals surface area contributed by atoms with E-state index in [1.54, 1.807) is 19.1 Å². The van der Waals surface area contributed by atoms with Crippen molar-refractivity contribution in [3.8, 4) is 5.75 Å². The minimum atomic E-state index is -0.583. The van der Waals surface area contributed by atoms with Crippen LogP contribution in [0, 0.1) is 12.7 Å². The number of aliphatic hydroxyl groups is 1. The Morgan fingerprint density at radius 3 is 2.85 bits per heavy atom. The van der Waals surface area contributed by atoms with E-state index in [0.29, 0.717) is 0 Å². The van der Waals surface area contributed by atoms with Gasteiger partial charge in [0.05, 0.1) is 6.10 Å². The highest BCUT2D eigenvalue weighted by molar-refractivity contribution is 5.29. The number of aryl methyl sites for hydroxylation is 1. The molecule has 0 aromatic heterocycles. The van der Waals surface area contributed by atoms with Gasteiger partial charge in [0.25, 0.3) is 0 Å². The van der Waals surface area contributed by atoms with Crippen molar-refractivity contribution >= 4 is 0 Å². The number of ether oxygens (including phenoxy) is 1. The zero-order chi connectivity index (χ0) is 9.84. The van der Waals surface area contributed by atoms with E-state index in [0.717, 1.165) is 5.56 Å². The third-order valence-corrected chi connectivity index (χ3v) is 1.57. The van der Waals surface area contributed by atoms with Crippen molar-refractivity contribution in [2.45, 2.75) is 20.0 Å². The fourth-order valence-electron chi connectivity index (χ4n) is 0.932. The lowest BCUT2D eigenvalue weighted by atomic mass is 10.2. The minimum Gasteiger partial charge on any atom is -0.488 e. The number of hydrogen-bond acceptors (Lipinski definition) is 2. The fraction of sp³-hybridized carbons (Fsp3) is 0.400. The minimum absolute atomic E-state index is 0.111. The van der Waals surface area contributed by atoms with Crippen LogP contribution in [0.4, 0.5) is 4.39 Å². The first kappa shape index (κ1) is 9.99. The van der Waals surface area contributed by atoms with Crippen LogP contribution in [0.25, 0.3) is 0 Å². The maximum atomic E-state index is 13.0. The van der Waals surface area contributed by atoms with Crippen molar-refractivity contribution in [1.82, 2.24) is 0 Å². The first-order chi connectivity index (χ1) is 6.09. The molecule has 1 atom stereocenters. The molecular weight excluding hydrogens is 171 g/mol. The number of rotatable bonds is 3. The molecule has 1 aromatic rings. The number of benzene rings is 1. The molecule has 1 aromatic carbocycles. The van der Waals surface area contributed by atoms with Crippen LogP contribution in [0.5, 0.6) is 5.75 Å². The summed E-state index contributed by atoms with van der Waals surface area (Å²) in [5, 5.41) is 8.93. The first-order valence-electron chi connectivity index (χ1n) is 4.16. The quantitative estimate of drug-likeness (QED) is 0.777. The van der Waals surface area contributed by atoms with E-state index in [1.807, 2.05) is 6.92 Å². The first-order valence-corrected chi connectivity index (χ1v) is 4.16. The molecule has 0 heterocycles. The predicted octanol–water partition coefficient (Wildman–Crippen LogP) is 1.89. The normalized spacial score (nSPS) is 12.6. The van der Waals surface area contributed by atoms with Gasteiger partial charge < -0.3 is 9.84 Å². The van der Waals surface area contributed by atoms with E-state index in [9.17, 15) is 4.39 Å². The van der Waals surface area contributed by atoms with Gasteiger partial charge in [0.2, 0.25) is 0 Å². The molecule has 0 bridgehead atoms. The highest BCUT2D eigenvalue weighted by atomic mass is 19.1. The summed E-state index contributed by atoms with van der Waals surface area (Å²) in [5.41, 5.74) is 0.932. The molecule has 72 valence electrons. The van der Waals surface area contributed by atoms with Gasteiger partial charge in [0.1, 0.15) is 6.61 Å². The predicted molar refractivity (Wildman–Crippen MR) is 48.3 cm³/mol. The third kappa shape index (κ3) is 3.03. The standard InChI is InChI=1S/C10H13FO2/c1-7-3-4-9(11)10(5-7)13-6-8(2)12/h3-5,8,12H,6H2,1-2H3. The second-order valence-corrected chi connectivity index (χ2v) is 3.09. The molecule has 0 amide bonds. The second-order valence-electron chi connectivity index (χ2n) is 3.09. The van der Waals surface area contributed by atoms with E-state index in [4.69, 9.17) is 9.84 Å². The van der Waals surface area contributed by atoms with E-state index in [2.05, 4.69) is 0 Å². The molecular formula is C10H13FO2. The monoisotopic (exact) mass is 184 g/mol. The Hall–Kier alpha value is -1.09. The Morgan fingerprint density at radius 1 is 1.54 bits per heavy atom. The molecule has 1 rings (SSSR count). The summed E-state index contributed by atoms with van der Waals surface area (Å²) in [5.74, 6) is -0.202. The van der Waals surface area contributed by atoms with Crippen LogP contribution in [0.2, 0.25) is 0 Å². The summed E-state index contributed by atoms with van der Waals surface area (Å²) in [6, 6.07) is 4.63. The van der Waals surface area contributed by atoms with Gasteiger partial charge in [-0.05, 0) is 31.5 Å². The lowest BCUT2D eigenvalue weighted by Gasteiger charge is -2.09. The highest BCUT2D eigenvalue weighted by Gasteiger charge is 2.04. The van der Waals surface area contributed by atoms with Gasteiger partial charge in [-0.2, -0.15) is 0 Å². The lowest BCUT2D eigenvalue weighted by molar-refractivity contribution is 0.120. The van der Waals surface area contributed by atoms with Gasteiger partial charge in [-0.25, -0.2) is 4.39 Å². The van der Waals surface area contributed by atoms with Crippen molar-refractivity contribution in [2.24, 2.45) is 0 Å². The van der Waals surface area contributed by atoms with Crippen LogP contribution in [0.15, 0.2) is 18.2 Å². The molecule has 0 fully saturated rings. The SMILES string of the molecule is Cc1ccc(F)c(OCC(C)O)c1. The van der Waals surface area contributed by atoms with Crippen LogP contribution >= 0.6 is 0 Å². The Balaban J connectivity index is 2.70. The van der Waals surface area contributed by atoms with Gasteiger partial charge >= 0.3 is 0 Å². The van der Waals surface area contributed by atoms with Crippen molar-refractivity contribution in [2.75, 3.05) is 6.61 Å². The highest BCUT2D eigenvalue weighted by Crippen LogP contribution is 2.18. The Bertz CT molecular complexity index is 284. The van der Waals surface area contributed by atoms with Crippen molar-refractivity contribution in [3.63, 3.8) is 0 Å². The smallest absolute Gasteiger partial charge is 0.165 e. The molecule has 1 N–H and O–H groups in total. The number of hydrogen-bond donors (Lipinski definition) is 1. The number of aliphatic hydroxyl groups excluding tert-OH is 1. The average Bonchev–Trinajstić information content (AvgIpc) is 2.06. The summed E-state index contributed by atoms with van der Waals surface area (Å²) in [6.07, 6.45) is -0.583. The summed E-state index contributed by atoms with van der Waals surface area (Å²) < 4.78 is 18.1. The van der Waals surface area contributed by atoms with E-state index in [-0.39, 0.29) is 12.4 Å². The molecule has 2 nitrogen and oxygen atoms in total. The Kier molecular flexibility index (Phi) is 3.25. The van der Waals surface area contributed by atoms with E-state index >= 15 is 0 Å². The molecule has 0 aliphatic carbocycles. The molecule has 0 spiro atoms. The van der Waals surface area contributed by atoms with Gasteiger partial charge in [0.15, 0.2) is 11.6 Å². The van der Waals surface area contributed by atoms with Gasteiger partial charge in [-0.1, -0.05) is 6.07 Å². The van der Waals surface area contributed by atoms with Gasteiger partial charge in [0, 0.05) is 0 Å². The fourth-order valence-corrected chi connectivity index (χ4v) is 0.932. The van der Waals surface area contributed by atoms with Gasteiger partial charge in [-0.3, -0.25) is 0 Å². The zero-order valence-electron chi connectivity index (χ0n) is 7.75. The summed E-state index contributed by atoms with van der Waals surface area (Å²) in [4.78, 5) is 0. The van der Waals surface area contributed by atoms with Crippen LogP contribution < -0.4 is 4.74 Å². The third-order valence-electron chi connectivity index (χ3n) is 1.57. The second kappa shape index (κ2) is 4.23. The summed E-state index contributed by atoms with van der Waals surface area (Å²) in [7, 11) is 0. The van der Waals surface area contributed by atoms with Crippen molar-refractivity contribution in [3.05, 3.63) is 29.6 Å².